The van der Waals surface area contributed by atoms with Gasteiger partial charge in [0.2, 0.25) is 11.7 Å². The molecule has 1 saturated carbocycles. The van der Waals surface area contributed by atoms with Gasteiger partial charge in [0.25, 0.3) is 0 Å². The van der Waals surface area contributed by atoms with E-state index in [9.17, 15) is 0 Å². The van der Waals surface area contributed by atoms with Gasteiger partial charge < -0.3 is 15.0 Å². The fraction of sp³-hybridized carbons (Fsp3) is 0.800. The molecule has 0 aliphatic heterocycles. The third-order valence-corrected chi connectivity index (χ3v) is 2.77. The van der Waals surface area contributed by atoms with Gasteiger partial charge in [0.05, 0.1) is 5.54 Å². The van der Waals surface area contributed by atoms with Gasteiger partial charge in [-0.15, -0.1) is 0 Å². The largest absolute Gasteiger partial charge is 0.373 e. The predicted molar refractivity (Wildman–Crippen MR) is 54.0 cm³/mol. The first-order chi connectivity index (χ1) is 7.07. The minimum Gasteiger partial charge on any atom is -0.373 e. The summed E-state index contributed by atoms with van der Waals surface area (Å²) in [5.41, 5.74) is 5.60. The maximum absolute atomic E-state index is 5.96. The molecule has 1 fully saturated rings. The van der Waals surface area contributed by atoms with Crippen LogP contribution in [0.3, 0.4) is 0 Å². The molecule has 5 nitrogen and oxygen atoms in total. The molecule has 84 valence electrons. The maximum atomic E-state index is 5.96. The van der Waals surface area contributed by atoms with Crippen LogP contribution in [0, 0.1) is 5.92 Å². The lowest BCUT2D eigenvalue weighted by Gasteiger charge is -2.14. The van der Waals surface area contributed by atoms with Crippen LogP contribution < -0.4 is 5.73 Å². The second kappa shape index (κ2) is 3.57. The topological polar surface area (TPSA) is 74.2 Å². The fourth-order valence-corrected chi connectivity index (χ4v) is 1.58. The van der Waals surface area contributed by atoms with Crippen LogP contribution in [0.25, 0.3) is 0 Å². The summed E-state index contributed by atoms with van der Waals surface area (Å²) in [5.74, 6) is 1.45. The minimum absolute atomic E-state index is 0.121. The number of ether oxygens (including phenoxy) is 1. The molecule has 0 saturated heterocycles. The van der Waals surface area contributed by atoms with E-state index >= 15 is 0 Å². The van der Waals surface area contributed by atoms with E-state index in [4.69, 9.17) is 15.0 Å². The number of hydrogen-bond acceptors (Lipinski definition) is 5. The molecule has 0 bridgehead atoms. The number of nitrogens with two attached hydrogens (primary N) is 1. The molecule has 0 amide bonds. The van der Waals surface area contributed by atoms with E-state index in [2.05, 4.69) is 24.0 Å². The summed E-state index contributed by atoms with van der Waals surface area (Å²) >= 11 is 0. The van der Waals surface area contributed by atoms with Crippen molar-refractivity contribution in [2.24, 2.45) is 11.7 Å². The van der Waals surface area contributed by atoms with Gasteiger partial charge in [0.15, 0.2) is 0 Å². The Morgan fingerprint density at radius 3 is 2.60 bits per heavy atom. The molecule has 1 heterocycles. The summed E-state index contributed by atoms with van der Waals surface area (Å²) in [6.45, 7) is 4.11. The van der Waals surface area contributed by atoms with Crippen LogP contribution in [0.1, 0.15) is 44.5 Å². The van der Waals surface area contributed by atoms with Crippen LogP contribution >= 0.6 is 0 Å². The van der Waals surface area contributed by atoms with Gasteiger partial charge in [0.1, 0.15) is 6.10 Å². The molecule has 2 N–H and O–H groups in total. The number of rotatable bonds is 4. The van der Waals surface area contributed by atoms with E-state index in [1.807, 2.05) is 0 Å². The van der Waals surface area contributed by atoms with E-state index < -0.39 is 0 Å². The third kappa shape index (κ3) is 1.89. The first kappa shape index (κ1) is 10.6. The Balaban J connectivity index is 2.18. The lowest BCUT2D eigenvalue weighted by molar-refractivity contribution is 0.0555. The molecule has 1 aliphatic rings. The zero-order chi connectivity index (χ0) is 11.1. The summed E-state index contributed by atoms with van der Waals surface area (Å²) in [4.78, 5) is 4.31. The van der Waals surface area contributed by atoms with Crippen LogP contribution in [0.15, 0.2) is 4.52 Å². The molecule has 0 radical (unpaired) electrons. The summed E-state index contributed by atoms with van der Waals surface area (Å²) in [7, 11) is 1.65. The van der Waals surface area contributed by atoms with E-state index in [1.165, 1.54) is 0 Å². The number of nitrogens with zero attached hydrogens (tertiary/aromatic N) is 2. The zero-order valence-corrected chi connectivity index (χ0v) is 9.36. The Hall–Kier alpha value is -0.940. The Labute approximate surface area is 89.0 Å². The van der Waals surface area contributed by atoms with Crippen molar-refractivity contribution < 1.29 is 9.26 Å². The van der Waals surface area contributed by atoms with Gasteiger partial charge in [-0.05, 0) is 18.8 Å². The van der Waals surface area contributed by atoms with Gasteiger partial charge in [-0.2, -0.15) is 4.98 Å². The SMILES string of the molecule is COC(c1noc(C2(N)CC2)n1)C(C)C. The van der Waals surface area contributed by atoms with Gasteiger partial charge in [-0.1, -0.05) is 19.0 Å². The summed E-state index contributed by atoms with van der Waals surface area (Å²) in [6.07, 6.45) is 1.73. The maximum Gasteiger partial charge on any atom is 0.246 e. The fourth-order valence-electron chi connectivity index (χ4n) is 1.58. The molecular weight excluding hydrogens is 194 g/mol. The van der Waals surface area contributed by atoms with E-state index in [1.54, 1.807) is 7.11 Å². The number of methoxy groups -OCH3 is 1. The highest BCUT2D eigenvalue weighted by Gasteiger charge is 2.46. The predicted octanol–water partition coefficient (Wildman–Crippen LogP) is 1.36. The Morgan fingerprint density at radius 2 is 2.13 bits per heavy atom. The molecule has 15 heavy (non-hydrogen) atoms. The van der Waals surface area contributed by atoms with Crippen LogP contribution in [0.2, 0.25) is 0 Å². The molecule has 5 heteroatoms. The standard InChI is InChI=1S/C10H17N3O2/c1-6(2)7(14-3)8-12-9(15-13-8)10(11)4-5-10/h6-7H,4-5,11H2,1-3H3. The minimum atomic E-state index is -0.361. The van der Waals surface area contributed by atoms with Crippen molar-refractivity contribution in [3.63, 3.8) is 0 Å². The smallest absolute Gasteiger partial charge is 0.246 e. The van der Waals surface area contributed by atoms with Crippen molar-refractivity contribution in [2.45, 2.75) is 38.3 Å². The van der Waals surface area contributed by atoms with Gasteiger partial charge >= 0.3 is 0 Å². The van der Waals surface area contributed by atoms with E-state index in [0.717, 1.165) is 12.8 Å². The Bertz CT molecular complexity index is 344. The molecule has 1 atom stereocenters. The Kier molecular flexibility index (Phi) is 2.52. The van der Waals surface area contributed by atoms with Crippen molar-refractivity contribution in [3.8, 4) is 0 Å². The summed E-state index contributed by atoms with van der Waals surface area (Å²) in [5, 5.41) is 3.92. The monoisotopic (exact) mass is 211 g/mol. The third-order valence-electron chi connectivity index (χ3n) is 2.77. The van der Waals surface area contributed by atoms with Crippen molar-refractivity contribution in [1.29, 1.82) is 0 Å². The van der Waals surface area contributed by atoms with Crippen LogP contribution in [0.5, 0.6) is 0 Å². The summed E-state index contributed by atoms with van der Waals surface area (Å²) in [6, 6.07) is 0. The number of hydrogen-bond donors (Lipinski definition) is 1. The highest BCUT2D eigenvalue weighted by molar-refractivity contribution is 5.12. The average Bonchev–Trinajstić information content (AvgIpc) is 2.76. The molecule has 1 aromatic heterocycles. The molecule has 0 spiro atoms. The molecule has 1 aromatic rings. The van der Waals surface area contributed by atoms with Crippen molar-refractivity contribution in [3.05, 3.63) is 11.7 Å². The second-order valence-corrected chi connectivity index (χ2v) is 4.51. The first-order valence-corrected chi connectivity index (χ1v) is 5.22. The highest BCUT2D eigenvalue weighted by Crippen LogP contribution is 2.42. The zero-order valence-electron chi connectivity index (χ0n) is 9.36. The first-order valence-electron chi connectivity index (χ1n) is 5.22. The van der Waals surface area contributed by atoms with Crippen molar-refractivity contribution in [2.75, 3.05) is 7.11 Å². The quantitative estimate of drug-likeness (QED) is 0.814. The van der Waals surface area contributed by atoms with E-state index in [-0.39, 0.29) is 11.6 Å². The summed E-state index contributed by atoms with van der Waals surface area (Å²) < 4.78 is 10.5. The van der Waals surface area contributed by atoms with Crippen LogP contribution in [-0.2, 0) is 10.3 Å². The lowest BCUT2D eigenvalue weighted by Crippen LogP contribution is -2.19. The highest BCUT2D eigenvalue weighted by atomic mass is 16.5. The lowest BCUT2D eigenvalue weighted by atomic mass is 10.1. The van der Waals surface area contributed by atoms with Gasteiger partial charge in [-0.3, -0.25) is 0 Å². The van der Waals surface area contributed by atoms with Crippen molar-refractivity contribution >= 4 is 0 Å². The van der Waals surface area contributed by atoms with E-state index in [0.29, 0.717) is 17.6 Å². The average molecular weight is 211 g/mol. The molecule has 1 aliphatic carbocycles. The van der Waals surface area contributed by atoms with Crippen LogP contribution in [-0.4, -0.2) is 17.3 Å². The normalized spacial score (nSPS) is 20.6. The molecular formula is C10H17N3O2. The molecule has 0 aromatic carbocycles. The second-order valence-electron chi connectivity index (χ2n) is 4.51. The van der Waals surface area contributed by atoms with Gasteiger partial charge in [0, 0.05) is 7.11 Å². The molecule has 2 rings (SSSR count). The molecule has 1 unspecified atom stereocenters. The van der Waals surface area contributed by atoms with Gasteiger partial charge in [-0.25, -0.2) is 0 Å². The number of aromatic nitrogens is 2. The Morgan fingerprint density at radius 1 is 1.47 bits per heavy atom. The van der Waals surface area contributed by atoms with Crippen molar-refractivity contribution in [1.82, 2.24) is 10.1 Å². The van der Waals surface area contributed by atoms with Crippen LogP contribution in [0.4, 0.5) is 0 Å².